The van der Waals surface area contributed by atoms with Gasteiger partial charge in [0, 0.05) is 19.8 Å². The van der Waals surface area contributed by atoms with E-state index in [9.17, 15) is 9.59 Å². The van der Waals surface area contributed by atoms with Crippen LogP contribution in [0.1, 0.15) is 31.0 Å². The van der Waals surface area contributed by atoms with E-state index in [2.05, 4.69) is 20.9 Å². The molecule has 8 nitrogen and oxygen atoms in total. The van der Waals surface area contributed by atoms with E-state index in [-0.39, 0.29) is 12.2 Å². The molecule has 3 aromatic rings. The van der Waals surface area contributed by atoms with Gasteiger partial charge in [0.1, 0.15) is 0 Å². The predicted molar refractivity (Wildman–Crippen MR) is 148 cm³/mol. The smallest absolute Gasteiger partial charge is 0.338 e. The number of benzene rings is 2. The van der Waals surface area contributed by atoms with E-state index >= 15 is 0 Å². The fourth-order valence-electron chi connectivity index (χ4n) is 4.23. The van der Waals surface area contributed by atoms with Gasteiger partial charge in [0.05, 0.1) is 47.1 Å². The van der Waals surface area contributed by atoms with Gasteiger partial charge in [-0.2, -0.15) is 0 Å². The van der Waals surface area contributed by atoms with Crippen molar-refractivity contribution >= 4 is 45.0 Å². The highest BCUT2D eigenvalue weighted by Gasteiger charge is 2.33. The van der Waals surface area contributed by atoms with Gasteiger partial charge in [-0.3, -0.25) is 9.36 Å². The van der Waals surface area contributed by atoms with Crippen LogP contribution in [0.15, 0.2) is 61.9 Å². The topological polar surface area (TPSA) is 82.4 Å². The lowest BCUT2D eigenvalue weighted by Crippen LogP contribution is -2.39. The molecule has 0 aliphatic carbocycles. The summed E-state index contributed by atoms with van der Waals surface area (Å²) < 4.78 is 19.0. The Labute approximate surface area is 227 Å². The zero-order valence-corrected chi connectivity index (χ0v) is 23.9. The van der Waals surface area contributed by atoms with E-state index in [0.29, 0.717) is 36.6 Å². The van der Waals surface area contributed by atoms with E-state index in [1.165, 1.54) is 11.3 Å². The molecule has 0 radical (unpaired) electrons. The third-order valence-electron chi connectivity index (χ3n) is 6.00. The first-order chi connectivity index (χ1) is 17.7. The molecule has 0 amide bonds. The average Bonchev–Trinajstić information content (AvgIpc) is 3.17. The number of hydrogen-bond acceptors (Lipinski definition) is 8. The molecule has 0 saturated heterocycles. The summed E-state index contributed by atoms with van der Waals surface area (Å²) in [6.45, 7) is 3.75. The summed E-state index contributed by atoms with van der Waals surface area (Å²) in [6, 6.07) is 10.8. The number of nitrogens with zero attached hydrogens (tertiary/aromatic N) is 3. The number of carbonyl (C=O) groups excluding carboxylic acids is 1. The highest BCUT2D eigenvalue weighted by Crippen LogP contribution is 2.36. The van der Waals surface area contributed by atoms with Crippen LogP contribution in [0, 0.1) is 0 Å². The van der Waals surface area contributed by atoms with Crippen LogP contribution in [-0.2, 0) is 9.53 Å². The summed E-state index contributed by atoms with van der Waals surface area (Å²) in [4.78, 5) is 34.0. The molecule has 0 saturated carbocycles. The third-order valence-corrected chi connectivity index (χ3v) is 7.57. The maximum Gasteiger partial charge on any atom is 0.338 e. The lowest BCUT2D eigenvalue weighted by molar-refractivity contribution is -0.139. The summed E-state index contributed by atoms with van der Waals surface area (Å²) in [5.74, 6) is 0.621. The number of carbonyl (C=O) groups is 1. The molecule has 2 aromatic carbocycles. The molecule has 4 rings (SSSR count). The van der Waals surface area contributed by atoms with Crippen molar-refractivity contribution in [2.24, 2.45) is 4.99 Å². The molecule has 1 atom stereocenters. The Kier molecular flexibility index (Phi) is 7.89. The maximum absolute atomic E-state index is 13.8. The number of rotatable bonds is 7. The summed E-state index contributed by atoms with van der Waals surface area (Å²) in [5.41, 5.74) is 3.20. The number of thiazole rings is 1. The molecule has 1 aliphatic heterocycles. The Morgan fingerprint density at radius 3 is 2.49 bits per heavy atom. The van der Waals surface area contributed by atoms with Crippen LogP contribution in [0.25, 0.3) is 6.08 Å². The number of ether oxygens (including phenoxy) is 3. The number of anilines is 1. The van der Waals surface area contributed by atoms with Crippen molar-refractivity contribution in [1.29, 1.82) is 0 Å². The number of aromatic nitrogens is 1. The van der Waals surface area contributed by atoms with Crippen molar-refractivity contribution in [2.45, 2.75) is 19.9 Å². The Morgan fingerprint density at radius 1 is 1.19 bits per heavy atom. The number of methoxy groups -OCH3 is 2. The fraction of sp³-hybridized carbons (Fsp3) is 0.296. The molecule has 0 spiro atoms. The Morgan fingerprint density at radius 2 is 1.89 bits per heavy atom. The van der Waals surface area contributed by atoms with Gasteiger partial charge in [0.25, 0.3) is 5.56 Å². The number of esters is 1. The molecule has 0 unspecified atom stereocenters. The standard InChI is InChI=1S/C27H28BrN3O5S/c1-7-36-26(33)22-15(2)29-27-31(23(22)17-8-10-18(11-9-17)30(3)4)25(32)21(37-27)14-16-12-19(28)24(35-6)20(13-16)34-5/h8-14,23H,7H2,1-6H3/b21-14-/t23-/m1/s1. The van der Waals surface area contributed by atoms with Gasteiger partial charge in [-0.25, -0.2) is 9.79 Å². The Balaban J connectivity index is 1.93. The number of allylic oxidation sites excluding steroid dienone is 1. The van der Waals surface area contributed by atoms with Gasteiger partial charge in [-0.05, 0) is 71.2 Å². The highest BCUT2D eigenvalue weighted by atomic mass is 79.9. The minimum atomic E-state index is -0.661. The fourth-order valence-corrected chi connectivity index (χ4v) is 5.90. The van der Waals surface area contributed by atoms with E-state index in [1.54, 1.807) is 44.8 Å². The van der Waals surface area contributed by atoms with Gasteiger partial charge in [-0.15, -0.1) is 0 Å². The average molecular weight is 587 g/mol. The van der Waals surface area contributed by atoms with Crippen molar-refractivity contribution in [3.8, 4) is 11.5 Å². The molecule has 2 heterocycles. The van der Waals surface area contributed by atoms with Crippen molar-refractivity contribution < 1.29 is 19.0 Å². The summed E-state index contributed by atoms with van der Waals surface area (Å²) in [5, 5.41) is 0. The molecule has 1 aliphatic rings. The zero-order chi connectivity index (χ0) is 26.9. The van der Waals surface area contributed by atoms with Crippen LogP contribution >= 0.6 is 27.3 Å². The van der Waals surface area contributed by atoms with Crippen LogP contribution in [0.2, 0.25) is 0 Å². The molecule has 0 fully saturated rings. The zero-order valence-electron chi connectivity index (χ0n) is 21.5. The first-order valence-electron chi connectivity index (χ1n) is 11.6. The van der Waals surface area contributed by atoms with Gasteiger partial charge in [-0.1, -0.05) is 23.5 Å². The van der Waals surface area contributed by atoms with Crippen LogP contribution in [-0.4, -0.2) is 45.5 Å². The predicted octanol–water partition coefficient (Wildman–Crippen LogP) is 3.64. The number of hydrogen-bond donors (Lipinski definition) is 0. The molecule has 0 N–H and O–H groups in total. The molecule has 37 heavy (non-hydrogen) atoms. The number of fused-ring (bicyclic) bond motifs is 1. The van der Waals surface area contributed by atoms with Gasteiger partial charge in [0.15, 0.2) is 16.3 Å². The van der Waals surface area contributed by atoms with Gasteiger partial charge < -0.3 is 19.1 Å². The monoisotopic (exact) mass is 585 g/mol. The molecular weight excluding hydrogens is 558 g/mol. The second-order valence-corrected chi connectivity index (χ2v) is 10.4. The van der Waals surface area contributed by atoms with E-state index < -0.39 is 12.0 Å². The minimum Gasteiger partial charge on any atom is -0.493 e. The second kappa shape index (κ2) is 10.9. The molecule has 1 aromatic heterocycles. The van der Waals surface area contributed by atoms with E-state index in [4.69, 9.17) is 14.2 Å². The highest BCUT2D eigenvalue weighted by molar-refractivity contribution is 9.10. The Hall–Kier alpha value is -3.37. The summed E-state index contributed by atoms with van der Waals surface area (Å²) >= 11 is 4.78. The van der Waals surface area contributed by atoms with Crippen molar-refractivity contribution in [1.82, 2.24) is 4.57 Å². The van der Waals surface area contributed by atoms with Crippen LogP contribution < -0.4 is 29.3 Å². The SMILES string of the molecule is CCOC(=O)C1=C(C)N=c2s/c(=C\c3cc(Br)c(OC)c(OC)c3)c(=O)n2[C@@H]1c1ccc(N(C)C)cc1. The van der Waals surface area contributed by atoms with Gasteiger partial charge in [0.2, 0.25) is 0 Å². The lowest BCUT2D eigenvalue weighted by atomic mass is 9.95. The maximum atomic E-state index is 13.8. The van der Waals surface area contributed by atoms with E-state index in [0.717, 1.165) is 16.8 Å². The largest absolute Gasteiger partial charge is 0.493 e. The summed E-state index contributed by atoms with van der Waals surface area (Å²) in [7, 11) is 7.04. The second-order valence-electron chi connectivity index (χ2n) is 8.53. The molecule has 0 bridgehead atoms. The molecule has 194 valence electrons. The normalized spacial score (nSPS) is 15.2. The van der Waals surface area contributed by atoms with Crippen LogP contribution in [0.3, 0.4) is 0 Å². The van der Waals surface area contributed by atoms with Crippen molar-refractivity contribution in [2.75, 3.05) is 39.8 Å². The number of halogens is 1. The lowest BCUT2D eigenvalue weighted by Gasteiger charge is -2.25. The van der Waals surface area contributed by atoms with Crippen LogP contribution in [0.5, 0.6) is 11.5 Å². The first kappa shape index (κ1) is 26.7. The molecule has 10 heteroatoms. The molecular formula is C27H28BrN3O5S. The van der Waals surface area contributed by atoms with Gasteiger partial charge >= 0.3 is 5.97 Å². The van der Waals surface area contributed by atoms with Crippen molar-refractivity contribution in [3.63, 3.8) is 0 Å². The van der Waals surface area contributed by atoms with Crippen LogP contribution in [0.4, 0.5) is 5.69 Å². The summed E-state index contributed by atoms with van der Waals surface area (Å²) in [6.07, 6.45) is 1.78. The minimum absolute atomic E-state index is 0.223. The first-order valence-corrected chi connectivity index (χ1v) is 13.2. The Bertz CT molecular complexity index is 1550. The quantitative estimate of drug-likeness (QED) is 0.394. The third kappa shape index (κ3) is 5.08. The van der Waals surface area contributed by atoms with Crippen molar-refractivity contribution in [3.05, 3.63) is 83.0 Å². The van der Waals surface area contributed by atoms with E-state index in [1.807, 2.05) is 49.3 Å².